The van der Waals surface area contributed by atoms with Gasteiger partial charge >= 0.3 is 12.1 Å². The molecule has 8 heteroatoms. The van der Waals surface area contributed by atoms with Crippen molar-refractivity contribution < 1.29 is 33.3 Å². The topological polar surface area (TPSA) is 83.5 Å². The lowest BCUT2D eigenvalue weighted by Crippen LogP contribution is -2.29. The Morgan fingerprint density at radius 2 is 0.923 bits per heavy atom. The third-order valence-electron chi connectivity index (χ3n) is 10.0. The zero-order chi connectivity index (χ0) is 38.2. The molecule has 0 radical (unpaired) electrons. The first-order valence-electron chi connectivity index (χ1n) is 22.4. The summed E-state index contributed by atoms with van der Waals surface area (Å²) in [4.78, 5) is 27.3. The Morgan fingerprint density at radius 1 is 0.462 bits per heavy atom. The van der Waals surface area contributed by atoms with Crippen molar-refractivity contribution in [3.05, 3.63) is 0 Å². The number of likely N-dealkylation sites (N-methyl/N-ethyl adjacent to an activating group) is 1. The van der Waals surface area contributed by atoms with Gasteiger partial charge < -0.3 is 28.6 Å². The predicted octanol–water partition coefficient (Wildman–Crippen LogP) is 12.7. The summed E-state index contributed by atoms with van der Waals surface area (Å²) >= 11 is 0. The van der Waals surface area contributed by atoms with Gasteiger partial charge in [0.1, 0.15) is 12.7 Å². The summed E-state index contributed by atoms with van der Waals surface area (Å²) in [7, 11) is 0. The SMILES string of the molecule is CCCCCCCCCCCCC(CCOC(=O)CCCCC(OCCCCCCCC)OCCCCCCCC)OC(=O)OCCN(CC)CC. The van der Waals surface area contributed by atoms with Crippen molar-refractivity contribution in [1.29, 1.82) is 0 Å². The van der Waals surface area contributed by atoms with Gasteiger partial charge in [-0.1, -0.05) is 157 Å². The molecule has 0 spiro atoms. The molecule has 8 nitrogen and oxygen atoms in total. The Morgan fingerprint density at radius 3 is 1.42 bits per heavy atom. The molecule has 0 aromatic heterocycles. The van der Waals surface area contributed by atoms with E-state index in [4.69, 9.17) is 23.7 Å². The van der Waals surface area contributed by atoms with E-state index in [0.29, 0.717) is 26.0 Å². The molecule has 0 aromatic rings. The highest BCUT2D eigenvalue weighted by molar-refractivity contribution is 5.69. The average molecular weight is 742 g/mol. The highest BCUT2D eigenvalue weighted by Gasteiger charge is 2.17. The van der Waals surface area contributed by atoms with Crippen molar-refractivity contribution in [1.82, 2.24) is 4.90 Å². The van der Waals surface area contributed by atoms with Gasteiger partial charge in [0, 0.05) is 32.6 Å². The molecule has 310 valence electrons. The number of hydrogen-bond donors (Lipinski definition) is 0. The minimum atomic E-state index is -0.623. The Balaban J connectivity index is 4.57. The summed E-state index contributed by atoms with van der Waals surface area (Å²) in [5, 5.41) is 0. The number of unbranched alkanes of at least 4 members (excludes halogenated alkanes) is 20. The van der Waals surface area contributed by atoms with Crippen LogP contribution in [-0.2, 0) is 28.5 Å². The molecule has 0 amide bonds. The number of esters is 1. The van der Waals surface area contributed by atoms with Crippen LogP contribution in [0.25, 0.3) is 0 Å². The summed E-state index contributed by atoms with van der Waals surface area (Å²) in [6.07, 6.45) is 30.3. The van der Waals surface area contributed by atoms with Crippen LogP contribution < -0.4 is 0 Å². The smallest absolute Gasteiger partial charge is 0.466 e. The van der Waals surface area contributed by atoms with Crippen LogP contribution in [-0.4, -0.2) is 75.5 Å². The predicted molar refractivity (Wildman–Crippen MR) is 217 cm³/mol. The van der Waals surface area contributed by atoms with Crippen molar-refractivity contribution in [2.75, 3.05) is 46.1 Å². The summed E-state index contributed by atoms with van der Waals surface area (Å²) < 4.78 is 29.0. The quantitative estimate of drug-likeness (QED) is 0.0348. The van der Waals surface area contributed by atoms with Crippen LogP contribution in [0.15, 0.2) is 0 Å². The lowest BCUT2D eigenvalue weighted by molar-refractivity contribution is -0.150. The van der Waals surface area contributed by atoms with Gasteiger partial charge in [-0.3, -0.25) is 4.79 Å². The summed E-state index contributed by atoms with van der Waals surface area (Å²) in [6.45, 7) is 15.5. The Bertz CT molecular complexity index is 730. The number of carbonyl (C=O) groups excluding carboxylic acids is 2. The molecule has 0 saturated carbocycles. The van der Waals surface area contributed by atoms with Crippen molar-refractivity contribution >= 4 is 12.1 Å². The van der Waals surface area contributed by atoms with Crippen molar-refractivity contribution in [3.8, 4) is 0 Å². The van der Waals surface area contributed by atoms with Crippen molar-refractivity contribution in [2.24, 2.45) is 0 Å². The molecule has 0 fully saturated rings. The fraction of sp³-hybridized carbons (Fsp3) is 0.955. The van der Waals surface area contributed by atoms with Crippen LogP contribution in [0.1, 0.15) is 214 Å². The van der Waals surface area contributed by atoms with Gasteiger partial charge in [0.2, 0.25) is 0 Å². The molecule has 0 heterocycles. The molecule has 0 aliphatic carbocycles. The molecule has 1 unspecified atom stereocenters. The highest BCUT2D eigenvalue weighted by atomic mass is 16.7. The van der Waals surface area contributed by atoms with E-state index in [1.165, 1.54) is 116 Å². The van der Waals surface area contributed by atoms with E-state index in [-0.39, 0.29) is 25.0 Å². The van der Waals surface area contributed by atoms with E-state index < -0.39 is 6.16 Å². The van der Waals surface area contributed by atoms with Crippen LogP contribution in [0.3, 0.4) is 0 Å². The average Bonchev–Trinajstić information content (AvgIpc) is 3.14. The minimum Gasteiger partial charge on any atom is -0.466 e. The van der Waals surface area contributed by atoms with Crippen LogP contribution in [0, 0.1) is 0 Å². The maximum absolute atomic E-state index is 12.6. The second-order valence-corrected chi connectivity index (χ2v) is 14.8. The van der Waals surface area contributed by atoms with E-state index in [9.17, 15) is 9.59 Å². The molecule has 52 heavy (non-hydrogen) atoms. The first-order chi connectivity index (χ1) is 25.5. The third kappa shape index (κ3) is 35.6. The van der Waals surface area contributed by atoms with Crippen LogP contribution in [0.5, 0.6) is 0 Å². The number of rotatable bonds is 41. The van der Waals surface area contributed by atoms with E-state index >= 15 is 0 Å². The van der Waals surface area contributed by atoms with Gasteiger partial charge in [-0.15, -0.1) is 0 Å². The maximum Gasteiger partial charge on any atom is 0.508 e. The van der Waals surface area contributed by atoms with Gasteiger partial charge in [0.05, 0.1) is 6.61 Å². The molecule has 0 aliphatic heterocycles. The van der Waals surface area contributed by atoms with Crippen molar-refractivity contribution in [3.63, 3.8) is 0 Å². The monoisotopic (exact) mass is 742 g/mol. The molecular weight excluding hydrogens is 654 g/mol. The maximum atomic E-state index is 12.6. The molecule has 0 aromatic carbocycles. The Hall–Kier alpha value is -1.38. The zero-order valence-electron chi connectivity index (χ0n) is 35.2. The number of nitrogens with zero attached hydrogens (tertiary/aromatic N) is 1. The van der Waals surface area contributed by atoms with E-state index in [1.54, 1.807) is 0 Å². The Kier molecular flexibility index (Phi) is 39.7. The Labute approximate surface area is 322 Å². The second-order valence-electron chi connectivity index (χ2n) is 14.8. The van der Waals surface area contributed by atoms with Gasteiger partial charge in [0.25, 0.3) is 0 Å². The summed E-state index contributed by atoms with van der Waals surface area (Å²) in [6, 6.07) is 0. The summed E-state index contributed by atoms with van der Waals surface area (Å²) in [5.74, 6) is -0.197. The minimum absolute atomic E-state index is 0.197. The lowest BCUT2D eigenvalue weighted by Gasteiger charge is -2.20. The summed E-state index contributed by atoms with van der Waals surface area (Å²) in [5.41, 5.74) is 0. The second kappa shape index (κ2) is 40.8. The van der Waals surface area contributed by atoms with Gasteiger partial charge in [-0.05, 0) is 58.0 Å². The van der Waals surface area contributed by atoms with Gasteiger partial charge in [0.15, 0.2) is 6.29 Å². The van der Waals surface area contributed by atoms with Crippen LogP contribution in [0.2, 0.25) is 0 Å². The first kappa shape index (κ1) is 50.6. The number of hydrogen-bond acceptors (Lipinski definition) is 8. The lowest BCUT2D eigenvalue weighted by atomic mass is 10.0. The number of ether oxygens (including phenoxy) is 5. The van der Waals surface area contributed by atoms with Gasteiger partial charge in [-0.2, -0.15) is 0 Å². The van der Waals surface area contributed by atoms with E-state index in [2.05, 4.69) is 39.5 Å². The number of carbonyl (C=O) groups is 2. The van der Waals surface area contributed by atoms with Crippen LogP contribution in [0.4, 0.5) is 4.79 Å². The fourth-order valence-electron chi connectivity index (χ4n) is 6.46. The van der Waals surface area contributed by atoms with Gasteiger partial charge in [-0.25, -0.2) is 4.79 Å². The largest absolute Gasteiger partial charge is 0.508 e. The van der Waals surface area contributed by atoms with E-state index in [0.717, 1.165) is 77.7 Å². The first-order valence-corrected chi connectivity index (χ1v) is 22.4. The molecule has 0 rings (SSSR count). The normalized spacial score (nSPS) is 12.1. The molecule has 0 bridgehead atoms. The highest BCUT2D eigenvalue weighted by Crippen LogP contribution is 2.17. The zero-order valence-corrected chi connectivity index (χ0v) is 35.2. The van der Waals surface area contributed by atoms with Crippen LogP contribution >= 0.6 is 0 Å². The standard InChI is InChI=1S/C44H87NO7/c1-6-11-14-17-20-21-22-23-24-27-32-41(52-44(47)51-40-36-45(9-4)10-5)35-39-48-42(46)33-28-29-34-43(49-37-30-25-18-15-12-7-2)50-38-31-26-19-16-13-8-3/h41,43H,6-40H2,1-5H3. The molecule has 0 N–H and O–H groups in total. The molecule has 1 atom stereocenters. The molecule has 0 aliphatic rings. The van der Waals surface area contributed by atoms with Crippen molar-refractivity contribution in [2.45, 2.75) is 227 Å². The molecular formula is C44H87NO7. The third-order valence-corrected chi connectivity index (χ3v) is 10.0. The fourth-order valence-corrected chi connectivity index (χ4v) is 6.46. The molecule has 0 saturated heterocycles. The van der Waals surface area contributed by atoms with E-state index in [1.807, 2.05) is 0 Å².